The van der Waals surface area contributed by atoms with E-state index in [4.69, 9.17) is 9.31 Å². The summed E-state index contributed by atoms with van der Waals surface area (Å²) in [4.78, 5) is 30.8. The molecule has 9 heteroatoms. The molecule has 0 unspecified atom stereocenters. The maximum absolute atomic E-state index is 13.5. The summed E-state index contributed by atoms with van der Waals surface area (Å²) in [6, 6.07) is 12.0. The van der Waals surface area contributed by atoms with Crippen molar-refractivity contribution in [2.75, 3.05) is 0 Å². The molecule has 2 amide bonds. The number of carbonyl (C=O) groups is 2. The van der Waals surface area contributed by atoms with E-state index >= 15 is 0 Å². The number of hydrogen-bond donors (Lipinski definition) is 3. The average Bonchev–Trinajstić information content (AvgIpc) is 3.28. The fourth-order valence-electron chi connectivity index (χ4n) is 7.04. The van der Waals surface area contributed by atoms with Gasteiger partial charge in [-0.05, 0) is 67.9 Å². The Morgan fingerprint density at radius 2 is 1.77 bits per heavy atom. The lowest BCUT2D eigenvalue weighted by Crippen LogP contribution is -2.65. The summed E-state index contributed by atoms with van der Waals surface area (Å²) in [5, 5.41) is 16.2. The predicted octanol–water partition coefficient (Wildman–Crippen LogP) is 4.03. The molecule has 4 fully saturated rings. The van der Waals surface area contributed by atoms with Crippen molar-refractivity contribution in [2.45, 2.75) is 90.6 Å². The van der Waals surface area contributed by atoms with Gasteiger partial charge in [0.05, 0.1) is 23.8 Å². The van der Waals surface area contributed by atoms with Crippen molar-refractivity contribution in [2.24, 2.45) is 23.2 Å². The van der Waals surface area contributed by atoms with Crippen LogP contribution < -0.4 is 10.6 Å². The van der Waals surface area contributed by atoms with Crippen molar-refractivity contribution < 1.29 is 24.0 Å². The van der Waals surface area contributed by atoms with Crippen LogP contribution >= 0.6 is 0 Å². The molecule has 3 N–H and O–H groups in total. The summed E-state index contributed by atoms with van der Waals surface area (Å²) in [6.07, 6.45) is 3.25. The second-order valence-corrected chi connectivity index (χ2v) is 13.1. The zero-order valence-corrected chi connectivity index (χ0v) is 24.4. The first kappa shape index (κ1) is 28.8. The van der Waals surface area contributed by atoms with Crippen molar-refractivity contribution in [1.82, 2.24) is 15.6 Å². The zero-order chi connectivity index (χ0) is 28.8. The van der Waals surface area contributed by atoms with Gasteiger partial charge in [0.2, 0.25) is 5.91 Å². The third-order valence-corrected chi connectivity index (χ3v) is 9.51. The van der Waals surface area contributed by atoms with Gasteiger partial charge in [-0.1, -0.05) is 64.1 Å². The summed E-state index contributed by atoms with van der Waals surface area (Å²) in [6.45, 7) is 12.4. The molecule has 2 heterocycles. The van der Waals surface area contributed by atoms with Crippen LogP contribution in [0.3, 0.4) is 0 Å². The van der Waals surface area contributed by atoms with Gasteiger partial charge >= 0.3 is 7.12 Å². The van der Waals surface area contributed by atoms with Crippen LogP contribution in [0, 0.1) is 23.2 Å². The highest BCUT2D eigenvalue weighted by atomic mass is 16.7. The molecular weight excluding hydrogens is 505 g/mol. The van der Waals surface area contributed by atoms with E-state index in [1.165, 1.54) is 6.92 Å². The second-order valence-electron chi connectivity index (χ2n) is 13.1. The Morgan fingerprint density at radius 3 is 2.38 bits per heavy atom. The molecule has 2 bridgehead atoms. The Kier molecular flexibility index (Phi) is 7.85. The van der Waals surface area contributed by atoms with Crippen LogP contribution in [-0.4, -0.2) is 58.8 Å². The van der Waals surface area contributed by atoms with E-state index in [0.717, 1.165) is 24.0 Å². The quantitative estimate of drug-likeness (QED) is 0.409. The number of pyridine rings is 1. The molecule has 0 spiro atoms. The number of carbonyl (C=O) groups excluding carboxylic acids is 2. The Hall–Kier alpha value is -2.75. The molecule has 3 saturated carbocycles. The number of amides is 2. The van der Waals surface area contributed by atoms with E-state index in [2.05, 4.69) is 50.2 Å². The van der Waals surface area contributed by atoms with Crippen molar-refractivity contribution >= 4 is 18.9 Å². The summed E-state index contributed by atoms with van der Waals surface area (Å²) in [7, 11) is -0.589. The topological polar surface area (TPSA) is 110 Å². The Balaban J connectivity index is 1.27. The SMILES string of the molecule is CC(C)C[C@H](NC(=O)[C@@H](NC(=O)c1ccc(-c2ccccc2)cn1)[C@@H](C)O)B1O[C@@H]2C[C@H]3C[C@@H](C3(C)C)[C@]2(C)O1. The first-order valence-electron chi connectivity index (χ1n) is 14.5. The van der Waals surface area contributed by atoms with Crippen LogP contribution in [0.5, 0.6) is 0 Å². The van der Waals surface area contributed by atoms with Gasteiger partial charge in [-0.15, -0.1) is 0 Å². The Labute approximate surface area is 237 Å². The van der Waals surface area contributed by atoms with Crippen LogP contribution in [0.1, 0.15) is 71.3 Å². The fraction of sp³-hybridized carbons (Fsp3) is 0.581. The lowest BCUT2D eigenvalue weighted by molar-refractivity contribution is -0.199. The lowest BCUT2D eigenvalue weighted by Gasteiger charge is -2.64. The minimum absolute atomic E-state index is 0.00182. The molecule has 6 rings (SSSR count). The van der Waals surface area contributed by atoms with Gasteiger partial charge in [-0.25, -0.2) is 0 Å². The number of aliphatic hydroxyl groups excluding tert-OH is 1. The number of benzene rings is 1. The van der Waals surface area contributed by atoms with E-state index in [0.29, 0.717) is 18.3 Å². The van der Waals surface area contributed by atoms with E-state index in [-0.39, 0.29) is 23.1 Å². The molecule has 1 aromatic heterocycles. The van der Waals surface area contributed by atoms with Crippen molar-refractivity contribution in [1.29, 1.82) is 0 Å². The van der Waals surface area contributed by atoms with Gasteiger partial charge in [-0.3, -0.25) is 14.6 Å². The number of aliphatic hydroxyl groups is 1. The van der Waals surface area contributed by atoms with Crippen molar-refractivity contribution in [3.63, 3.8) is 0 Å². The molecule has 0 radical (unpaired) electrons. The first-order chi connectivity index (χ1) is 18.9. The number of hydrogen-bond acceptors (Lipinski definition) is 6. The molecule has 214 valence electrons. The highest BCUT2D eigenvalue weighted by Crippen LogP contribution is 2.65. The van der Waals surface area contributed by atoms with Crippen LogP contribution in [0.2, 0.25) is 0 Å². The molecule has 2 aromatic rings. The molecule has 7 atom stereocenters. The monoisotopic (exact) mass is 547 g/mol. The summed E-state index contributed by atoms with van der Waals surface area (Å²) < 4.78 is 13.1. The van der Waals surface area contributed by atoms with E-state index < -0.39 is 42.6 Å². The van der Waals surface area contributed by atoms with E-state index in [1.807, 2.05) is 36.4 Å². The van der Waals surface area contributed by atoms with Crippen LogP contribution in [0.4, 0.5) is 0 Å². The summed E-state index contributed by atoms with van der Waals surface area (Å²) in [5.41, 5.74) is 1.86. The van der Waals surface area contributed by atoms with Gasteiger partial charge in [0.15, 0.2) is 0 Å². The van der Waals surface area contributed by atoms with Crippen LogP contribution in [0.15, 0.2) is 48.7 Å². The number of nitrogens with zero attached hydrogens (tertiary/aromatic N) is 1. The maximum atomic E-state index is 13.5. The Bertz CT molecular complexity index is 1220. The third-order valence-electron chi connectivity index (χ3n) is 9.51. The van der Waals surface area contributed by atoms with Crippen LogP contribution in [-0.2, 0) is 14.1 Å². The van der Waals surface area contributed by atoms with E-state index in [1.54, 1.807) is 12.3 Å². The molecule has 1 saturated heterocycles. The Morgan fingerprint density at radius 1 is 1.05 bits per heavy atom. The molecule has 1 aromatic carbocycles. The maximum Gasteiger partial charge on any atom is 0.481 e. The predicted molar refractivity (Wildman–Crippen MR) is 154 cm³/mol. The van der Waals surface area contributed by atoms with Gasteiger partial charge in [-0.2, -0.15) is 0 Å². The molecule has 8 nitrogen and oxygen atoms in total. The molecule has 3 aliphatic carbocycles. The minimum atomic E-state index is -1.16. The van der Waals surface area contributed by atoms with E-state index in [9.17, 15) is 14.7 Å². The highest BCUT2D eigenvalue weighted by molar-refractivity contribution is 6.48. The minimum Gasteiger partial charge on any atom is -0.404 e. The zero-order valence-electron chi connectivity index (χ0n) is 24.4. The number of rotatable bonds is 9. The first-order valence-corrected chi connectivity index (χ1v) is 14.5. The van der Waals surface area contributed by atoms with Gasteiger partial charge < -0.3 is 25.0 Å². The molecule has 1 aliphatic heterocycles. The van der Waals surface area contributed by atoms with Gasteiger partial charge in [0.1, 0.15) is 11.7 Å². The third kappa shape index (κ3) is 5.31. The summed E-state index contributed by atoms with van der Waals surface area (Å²) >= 11 is 0. The second kappa shape index (κ2) is 10.9. The van der Waals surface area contributed by atoms with Crippen molar-refractivity contribution in [3.8, 4) is 11.1 Å². The highest BCUT2D eigenvalue weighted by Gasteiger charge is 2.68. The largest absolute Gasteiger partial charge is 0.481 e. The lowest BCUT2D eigenvalue weighted by atomic mass is 9.43. The van der Waals surface area contributed by atoms with Gasteiger partial charge in [0.25, 0.3) is 5.91 Å². The van der Waals surface area contributed by atoms with Crippen molar-refractivity contribution in [3.05, 3.63) is 54.4 Å². The average molecular weight is 548 g/mol. The van der Waals surface area contributed by atoms with Gasteiger partial charge in [0, 0.05) is 11.8 Å². The number of nitrogens with one attached hydrogen (secondary N) is 2. The number of aromatic nitrogens is 1. The summed E-state index contributed by atoms with van der Waals surface area (Å²) in [5.74, 6) is -0.126. The molecular formula is C31H42BN3O5. The fourth-order valence-corrected chi connectivity index (χ4v) is 7.04. The smallest absolute Gasteiger partial charge is 0.404 e. The normalized spacial score (nSPS) is 28.7. The standard InChI is InChI=1S/C31H42BN3O5/c1-18(2)14-26(32-39-25-16-22-15-24(30(22,4)5)31(25,6)40-32)34-29(38)27(19(3)36)35-28(37)23-13-12-21(17-33-23)20-10-8-7-9-11-20/h7-13,17-19,22,24-27,36H,14-16H2,1-6H3,(H,34,38)(H,35,37)/t19-,22-,24+,25-,26+,27+,31+/m1/s1. The van der Waals surface area contributed by atoms with Crippen LogP contribution in [0.25, 0.3) is 11.1 Å². The molecule has 40 heavy (non-hydrogen) atoms. The molecule has 4 aliphatic rings.